The second-order valence-electron chi connectivity index (χ2n) is 7.12. The van der Waals surface area contributed by atoms with Gasteiger partial charge < -0.3 is 15.1 Å². The zero-order valence-corrected chi connectivity index (χ0v) is 16.4. The van der Waals surface area contributed by atoms with Crippen molar-refractivity contribution in [1.29, 1.82) is 0 Å². The molecule has 3 rings (SSSR count). The number of benzene rings is 1. The maximum atomic E-state index is 12.0. The molecule has 1 fully saturated rings. The predicted octanol–water partition coefficient (Wildman–Crippen LogP) is 4.36. The molecule has 0 radical (unpaired) electrons. The van der Waals surface area contributed by atoms with Gasteiger partial charge in [0.25, 0.3) is 0 Å². The van der Waals surface area contributed by atoms with Crippen LogP contribution in [0, 0.1) is 0 Å². The Labute approximate surface area is 165 Å². The van der Waals surface area contributed by atoms with E-state index in [1.165, 1.54) is 38.5 Å². The highest BCUT2D eigenvalue weighted by Crippen LogP contribution is 2.22. The number of nitrogens with one attached hydrogen (secondary N) is 2. The summed E-state index contributed by atoms with van der Waals surface area (Å²) < 4.78 is 5.73. The largest absolute Gasteiger partial charge is 0.441 e. The Kier molecular flexibility index (Phi) is 7.72. The molecule has 1 aromatic carbocycles. The molecule has 0 saturated heterocycles. The summed E-state index contributed by atoms with van der Waals surface area (Å²) in [5.74, 6) is 1.30. The first-order chi connectivity index (χ1) is 13.2. The van der Waals surface area contributed by atoms with Gasteiger partial charge in [0, 0.05) is 42.6 Å². The van der Waals surface area contributed by atoms with Crippen LogP contribution in [0.25, 0.3) is 11.3 Å². The molecule has 2 N–H and O–H groups in total. The summed E-state index contributed by atoms with van der Waals surface area (Å²) in [4.78, 5) is 16.3. The van der Waals surface area contributed by atoms with E-state index in [0.717, 1.165) is 12.1 Å². The summed E-state index contributed by atoms with van der Waals surface area (Å²) in [5.41, 5.74) is 0.923. The normalized spacial score (nSPS) is 15.4. The molecule has 1 aromatic heterocycles. The second-order valence-corrected chi connectivity index (χ2v) is 7.55. The van der Waals surface area contributed by atoms with Crippen LogP contribution in [0.4, 0.5) is 0 Å². The first kappa shape index (κ1) is 19.9. The van der Waals surface area contributed by atoms with E-state index < -0.39 is 0 Å². The van der Waals surface area contributed by atoms with E-state index >= 15 is 0 Å². The number of amides is 1. The van der Waals surface area contributed by atoms with Crippen molar-refractivity contribution in [2.75, 3.05) is 13.1 Å². The predicted molar refractivity (Wildman–Crippen MR) is 108 cm³/mol. The van der Waals surface area contributed by atoms with Gasteiger partial charge in [-0.25, -0.2) is 4.98 Å². The van der Waals surface area contributed by atoms with Crippen molar-refractivity contribution in [3.8, 4) is 11.3 Å². The highest BCUT2D eigenvalue weighted by atomic mass is 35.5. The van der Waals surface area contributed by atoms with Crippen LogP contribution in [0.2, 0.25) is 5.02 Å². The van der Waals surface area contributed by atoms with E-state index in [2.05, 4.69) is 15.6 Å². The lowest BCUT2D eigenvalue weighted by molar-refractivity contribution is -0.121. The van der Waals surface area contributed by atoms with Gasteiger partial charge >= 0.3 is 0 Å². The highest BCUT2D eigenvalue weighted by molar-refractivity contribution is 6.30. The minimum absolute atomic E-state index is 0.0314. The first-order valence-electron chi connectivity index (χ1n) is 9.91. The Balaban J connectivity index is 1.34. The Morgan fingerprint density at radius 3 is 2.59 bits per heavy atom. The van der Waals surface area contributed by atoms with Crippen LogP contribution in [0.15, 0.2) is 34.9 Å². The third kappa shape index (κ3) is 6.67. The number of aryl methyl sites for hydroxylation is 1. The topological polar surface area (TPSA) is 67.2 Å². The van der Waals surface area contributed by atoms with Gasteiger partial charge in [-0.05, 0) is 37.1 Å². The molecule has 1 saturated carbocycles. The standard InChI is InChI=1S/C21H28ClN3O2/c22-17-9-7-16(8-10-17)19-15-25-21(27-19)12-11-20(26)24-14-13-23-18-5-3-1-2-4-6-18/h7-10,15,18,23H,1-6,11-14H2,(H,24,26). The summed E-state index contributed by atoms with van der Waals surface area (Å²) in [6, 6.07) is 8.02. The minimum atomic E-state index is 0.0314. The maximum absolute atomic E-state index is 12.0. The lowest BCUT2D eigenvalue weighted by Crippen LogP contribution is -2.36. The monoisotopic (exact) mass is 389 g/mol. The van der Waals surface area contributed by atoms with Gasteiger partial charge in [0.2, 0.25) is 5.91 Å². The molecule has 2 aromatic rings. The number of hydrogen-bond acceptors (Lipinski definition) is 4. The maximum Gasteiger partial charge on any atom is 0.220 e. The summed E-state index contributed by atoms with van der Waals surface area (Å²) >= 11 is 5.90. The van der Waals surface area contributed by atoms with Gasteiger partial charge in [0.15, 0.2) is 11.7 Å². The molecule has 0 unspecified atom stereocenters. The number of aromatic nitrogens is 1. The fourth-order valence-corrected chi connectivity index (χ4v) is 3.57. The molecule has 5 nitrogen and oxygen atoms in total. The molecular weight excluding hydrogens is 362 g/mol. The number of oxazole rings is 1. The molecule has 1 aliphatic carbocycles. The van der Waals surface area contributed by atoms with Crippen molar-refractivity contribution in [2.24, 2.45) is 0 Å². The Hall–Kier alpha value is -1.85. The number of halogens is 1. The van der Waals surface area contributed by atoms with Crippen molar-refractivity contribution < 1.29 is 9.21 Å². The quantitative estimate of drug-likeness (QED) is 0.520. The fourth-order valence-electron chi connectivity index (χ4n) is 3.44. The summed E-state index contributed by atoms with van der Waals surface area (Å²) in [5, 5.41) is 7.21. The van der Waals surface area contributed by atoms with E-state index in [-0.39, 0.29) is 5.91 Å². The van der Waals surface area contributed by atoms with Gasteiger partial charge in [0.1, 0.15) is 0 Å². The average Bonchev–Trinajstić information content (AvgIpc) is 3.00. The van der Waals surface area contributed by atoms with Gasteiger partial charge in [-0.2, -0.15) is 0 Å². The minimum Gasteiger partial charge on any atom is -0.441 e. The molecule has 1 amide bonds. The van der Waals surface area contributed by atoms with Crippen LogP contribution in [0.1, 0.15) is 50.8 Å². The molecule has 146 valence electrons. The molecule has 6 heteroatoms. The van der Waals surface area contributed by atoms with Crippen LogP contribution in [-0.4, -0.2) is 30.0 Å². The van der Waals surface area contributed by atoms with Crippen molar-refractivity contribution >= 4 is 17.5 Å². The van der Waals surface area contributed by atoms with E-state index in [1.54, 1.807) is 6.20 Å². The average molecular weight is 390 g/mol. The van der Waals surface area contributed by atoms with Crippen LogP contribution in [0.3, 0.4) is 0 Å². The van der Waals surface area contributed by atoms with Crippen LogP contribution in [-0.2, 0) is 11.2 Å². The van der Waals surface area contributed by atoms with Crippen LogP contribution in [0.5, 0.6) is 0 Å². The lowest BCUT2D eigenvalue weighted by Gasteiger charge is -2.16. The number of hydrogen-bond donors (Lipinski definition) is 2. The molecule has 0 spiro atoms. The molecule has 0 bridgehead atoms. The smallest absolute Gasteiger partial charge is 0.220 e. The lowest BCUT2D eigenvalue weighted by atomic mass is 10.1. The van der Waals surface area contributed by atoms with Crippen molar-refractivity contribution in [3.05, 3.63) is 41.4 Å². The first-order valence-corrected chi connectivity index (χ1v) is 10.3. The second kappa shape index (κ2) is 10.5. The molecule has 0 atom stereocenters. The molecule has 0 aliphatic heterocycles. The number of nitrogens with zero attached hydrogens (tertiary/aromatic N) is 1. The van der Waals surface area contributed by atoms with Crippen LogP contribution >= 0.6 is 11.6 Å². The zero-order chi connectivity index (χ0) is 18.9. The van der Waals surface area contributed by atoms with E-state index in [1.807, 2.05) is 24.3 Å². The summed E-state index contributed by atoms with van der Waals surface area (Å²) in [7, 11) is 0. The number of carbonyl (C=O) groups is 1. The molecule has 1 aliphatic rings. The van der Waals surface area contributed by atoms with Crippen LogP contribution < -0.4 is 10.6 Å². The molecular formula is C21H28ClN3O2. The number of carbonyl (C=O) groups excluding carboxylic acids is 1. The third-order valence-corrected chi connectivity index (χ3v) is 5.24. The van der Waals surface area contributed by atoms with Crippen molar-refractivity contribution in [3.63, 3.8) is 0 Å². The van der Waals surface area contributed by atoms with Crippen molar-refractivity contribution in [1.82, 2.24) is 15.6 Å². The Morgan fingerprint density at radius 2 is 1.85 bits per heavy atom. The van der Waals surface area contributed by atoms with Gasteiger partial charge in [-0.15, -0.1) is 0 Å². The summed E-state index contributed by atoms with van der Waals surface area (Å²) in [6.45, 7) is 1.49. The zero-order valence-electron chi connectivity index (χ0n) is 15.7. The number of rotatable bonds is 8. The van der Waals surface area contributed by atoms with E-state index in [0.29, 0.717) is 42.1 Å². The van der Waals surface area contributed by atoms with E-state index in [9.17, 15) is 4.79 Å². The fraction of sp³-hybridized carbons (Fsp3) is 0.524. The summed E-state index contributed by atoms with van der Waals surface area (Å²) in [6.07, 6.45) is 10.4. The highest BCUT2D eigenvalue weighted by Gasteiger charge is 2.12. The molecule has 1 heterocycles. The SMILES string of the molecule is O=C(CCc1ncc(-c2ccc(Cl)cc2)o1)NCCNC1CCCCCC1. The van der Waals surface area contributed by atoms with E-state index in [4.69, 9.17) is 16.0 Å². The Morgan fingerprint density at radius 1 is 1.11 bits per heavy atom. The molecule has 27 heavy (non-hydrogen) atoms. The third-order valence-electron chi connectivity index (χ3n) is 4.98. The van der Waals surface area contributed by atoms with Crippen molar-refractivity contribution in [2.45, 2.75) is 57.4 Å². The van der Waals surface area contributed by atoms with Gasteiger partial charge in [-0.3, -0.25) is 4.79 Å². The van der Waals surface area contributed by atoms with Gasteiger partial charge in [-0.1, -0.05) is 37.3 Å². The Bertz CT molecular complexity index is 706. The van der Waals surface area contributed by atoms with Gasteiger partial charge in [0.05, 0.1) is 6.20 Å².